The summed E-state index contributed by atoms with van der Waals surface area (Å²) >= 11 is 1.62. The molecule has 0 aromatic carbocycles. The van der Waals surface area contributed by atoms with E-state index >= 15 is 0 Å². The maximum Gasteiger partial charge on any atom is 0.315 e. The average molecular weight is 335 g/mol. The first-order chi connectivity index (χ1) is 11.0. The number of aryl methyl sites for hydroxylation is 4. The molecule has 0 aliphatic heterocycles. The van der Waals surface area contributed by atoms with Gasteiger partial charge in [-0.15, -0.1) is 11.3 Å². The van der Waals surface area contributed by atoms with E-state index in [1.165, 1.54) is 10.6 Å². The molecule has 0 aliphatic rings. The number of rotatable bonds is 6. The van der Waals surface area contributed by atoms with E-state index in [0.29, 0.717) is 13.1 Å². The maximum absolute atomic E-state index is 12.0. The number of carbonyl (C=O) groups is 1. The fourth-order valence-corrected chi connectivity index (χ4v) is 3.47. The number of aromatic nitrogens is 3. The molecular weight excluding hydrogens is 310 g/mol. The van der Waals surface area contributed by atoms with Crippen molar-refractivity contribution >= 4 is 17.4 Å². The Labute approximate surface area is 141 Å². The molecule has 0 fully saturated rings. The van der Waals surface area contributed by atoms with Crippen LogP contribution in [0.3, 0.4) is 0 Å². The third-order valence-electron chi connectivity index (χ3n) is 3.93. The number of thiazole rings is 1. The summed E-state index contributed by atoms with van der Waals surface area (Å²) in [6.45, 7) is 9.17. The number of nitrogens with one attached hydrogen (secondary N) is 2. The van der Waals surface area contributed by atoms with Gasteiger partial charge in [0.15, 0.2) is 0 Å². The summed E-state index contributed by atoms with van der Waals surface area (Å²) < 4.78 is 1.91. The van der Waals surface area contributed by atoms with Gasteiger partial charge in [0.2, 0.25) is 0 Å². The van der Waals surface area contributed by atoms with Crippen molar-refractivity contribution in [3.63, 3.8) is 0 Å². The van der Waals surface area contributed by atoms with Crippen molar-refractivity contribution in [3.05, 3.63) is 32.5 Å². The van der Waals surface area contributed by atoms with Crippen molar-refractivity contribution in [3.8, 4) is 0 Å². The molecule has 2 aromatic heterocycles. The van der Waals surface area contributed by atoms with Crippen molar-refractivity contribution in [1.29, 1.82) is 0 Å². The second-order valence-electron chi connectivity index (χ2n) is 5.49. The fraction of sp³-hybridized carbons (Fsp3) is 0.562. The second kappa shape index (κ2) is 7.59. The quantitative estimate of drug-likeness (QED) is 0.852. The Morgan fingerprint density at radius 1 is 1.17 bits per heavy atom. The topological polar surface area (TPSA) is 71.8 Å². The Morgan fingerprint density at radius 3 is 2.43 bits per heavy atom. The Balaban J connectivity index is 1.91. The van der Waals surface area contributed by atoms with Crippen LogP contribution in [0.5, 0.6) is 0 Å². The minimum Gasteiger partial charge on any atom is -0.334 e. The van der Waals surface area contributed by atoms with Crippen molar-refractivity contribution < 1.29 is 4.79 Å². The molecule has 0 bridgehead atoms. The summed E-state index contributed by atoms with van der Waals surface area (Å²) in [5.74, 6) is 0. The van der Waals surface area contributed by atoms with Crippen molar-refractivity contribution in [2.24, 2.45) is 7.05 Å². The van der Waals surface area contributed by atoms with Gasteiger partial charge in [0.05, 0.1) is 17.9 Å². The van der Waals surface area contributed by atoms with E-state index in [1.54, 1.807) is 11.3 Å². The minimum absolute atomic E-state index is 0.177. The van der Waals surface area contributed by atoms with Crippen LogP contribution in [0.4, 0.5) is 4.79 Å². The summed E-state index contributed by atoms with van der Waals surface area (Å²) in [6.07, 6.45) is 1.77. The molecule has 2 N–H and O–H groups in total. The Bertz CT molecular complexity index is 669. The first kappa shape index (κ1) is 17.5. The lowest BCUT2D eigenvalue weighted by Gasteiger charge is -2.08. The van der Waals surface area contributed by atoms with Crippen LogP contribution >= 0.6 is 11.3 Å². The van der Waals surface area contributed by atoms with Gasteiger partial charge in [0.25, 0.3) is 0 Å². The molecule has 0 saturated carbocycles. The zero-order valence-electron chi connectivity index (χ0n) is 14.5. The smallest absolute Gasteiger partial charge is 0.315 e. The summed E-state index contributed by atoms with van der Waals surface area (Å²) in [4.78, 5) is 17.6. The molecule has 0 spiro atoms. The van der Waals surface area contributed by atoms with Crippen molar-refractivity contribution in [1.82, 2.24) is 25.4 Å². The molecule has 2 aromatic rings. The summed E-state index contributed by atoms with van der Waals surface area (Å²) in [6, 6.07) is -0.177. The second-order valence-corrected chi connectivity index (χ2v) is 6.78. The highest BCUT2D eigenvalue weighted by atomic mass is 32.1. The van der Waals surface area contributed by atoms with Crippen LogP contribution in [0, 0.1) is 13.8 Å². The monoisotopic (exact) mass is 335 g/mol. The van der Waals surface area contributed by atoms with Crippen LogP contribution in [-0.4, -0.2) is 20.8 Å². The Hall–Kier alpha value is -1.89. The van der Waals surface area contributed by atoms with Gasteiger partial charge in [-0.3, -0.25) is 4.68 Å². The van der Waals surface area contributed by atoms with E-state index < -0.39 is 0 Å². The number of hydrogen-bond donors (Lipinski definition) is 2. The summed E-state index contributed by atoms with van der Waals surface area (Å²) in [7, 11) is 1.95. The van der Waals surface area contributed by atoms with E-state index in [4.69, 9.17) is 0 Å². The number of urea groups is 1. The predicted octanol–water partition coefficient (Wildman–Crippen LogP) is 2.62. The van der Waals surface area contributed by atoms with Crippen LogP contribution in [0.15, 0.2) is 0 Å². The molecule has 0 radical (unpaired) electrons. The van der Waals surface area contributed by atoms with Gasteiger partial charge in [0.1, 0.15) is 5.01 Å². The van der Waals surface area contributed by atoms with Gasteiger partial charge in [-0.25, -0.2) is 9.78 Å². The van der Waals surface area contributed by atoms with Crippen LogP contribution in [0.1, 0.15) is 46.4 Å². The highest BCUT2D eigenvalue weighted by molar-refractivity contribution is 7.11. The van der Waals surface area contributed by atoms with Gasteiger partial charge in [-0.2, -0.15) is 5.10 Å². The molecular formula is C16H25N5OS. The molecule has 0 aliphatic carbocycles. The van der Waals surface area contributed by atoms with Crippen LogP contribution in [0.25, 0.3) is 0 Å². The molecule has 23 heavy (non-hydrogen) atoms. The normalized spacial score (nSPS) is 10.8. The maximum atomic E-state index is 12.0. The zero-order chi connectivity index (χ0) is 17.0. The van der Waals surface area contributed by atoms with Crippen molar-refractivity contribution in [2.75, 3.05) is 0 Å². The van der Waals surface area contributed by atoms with Gasteiger partial charge < -0.3 is 10.6 Å². The standard InChI is InChI=1S/C16H25N5OS/c1-6-13-12(14(7-2)21(5)20-13)8-17-16(22)18-9-15-19-10(3)11(4)23-15/h6-9H2,1-5H3,(H2,17,18,22). The summed E-state index contributed by atoms with van der Waals surface area (Å²) in [5.41, 5.74) is 4.39. The lowest BCUT2D eigenvalue weighted by Crippen LogP contribution is -2.34. The Kier molecular flexibility index (Phi) is 5.76. The SMILES string of the molecule is CCc1nn(C)c(CC)c1CNC(=O)NCc1nc(C)c(C)s1. The number of nitrogens with zero attached hydrogens (tertiary/aromatic N) is 3. The molecule has 0 unspecified atom stereocenters. The molecule has 126 valence electrons. The average Bonchev–Trinajstić information content (AvgIpc) is 3.01. The number of hydrogen-bond acceptors (Lipinski definition) is 4. The molecule has 0 atom stereocenters. The lowest BCUT2D eigenvalue weighted by atomic mass is 10.1. The van der Waals surface area contributed by atoms with Gasteiger partial charge >= 0.3 is 6.03 Å². The number of carbonyl (C=O) groups excluding carboxylic acids is 1. The first-order valence-corrected chi connectivity index (χ1v) is 8.76. The predicted molar refractivity (Wildman–Crippen MR) is 92.6 cm³/mol. The van der Waals surface area contributed by atoms with Crippen LogP contribution in [-0.2, 0) is 33.0 Å². The third-order valence-corrected chi connectivity index (χ3v) is 5.00. The van der Waals surface area contributed by atoms with Crippen molar-refractivity contribution in [2.45, 2.75) is 53.6 Å². The first-order valence-electron chi connectivity index (χ1n) is 7.94. The highest BCUT2D eigenvalue weighted by Gasteiger charge is 2.14. The number of amides is 2. The van der Waals surface area contributed by atoms with E-state index in [2.05, 4.69) is 34.6 Å². The minimum atomic E-state index is -0.177. The van der Waals surface area contributed by atoms with E-state index in [1.807, 2.05) is 25.6 Å². The van der Waals surface area contributed by atoms with Gasteiger partial charge in [0, 0.05) is 29.7 Å². The molecule has 0 saturated heterocycles. The van der Waals surface area contributed by atoms with Gasteiger partial charge in [-0.05, 0) is 26.7 Å². The molecule has 2 heterocycles. The summed E-state index contributed by atoms with van der Waals surface area (Å²) in [5, 5.41) is 11.2. The molecule has 2 rings (SSSR count). The lowest BCUT2D eigenvalue weighted by molar-refractivity contribution is 0.240. The van der Waals surface area contributed by atoms with E-state index in [-0.39, 0.29) is 6.03 Å². The van der Waals surface area contributed by atoms with Crippen LogP contribution < -0.4 is 10.6 Å². The fourth-order valence-electron chi connectivity index (χ4n) is 2.60. The van der Waals surface area contributed by atoms with Crippen LogP contribution in [0.2, 0.25) is 0 Å². The van der Waals surface area contributed by atoms with E-state index in [9.17, 15) is 4.79 Å². The van der Waals surface area contributed by atoms with Gasteiger partial charge in [-0.1, -0.05) is 13.8 Å². The largest absolute Gasteiger partial charge is 0.334 e. The van der Waals surface area contributed by atoms with E-state index in [0.717, 1.165) is 34.8 Å². The Morgan fingerprint density at radius 2 is 1.87 bits per heavy atom. The molecule has 6 nitrogen and oxygen atoms in total. The third kappa shape index (κ3) is 4.10. The highest BCUT2D eigenvalue weighted by Crippen LogP contribution is 2.16. The zero-order valence-corrected chi connectivity index (χ0v) is 15.3. The molecule has 7 heteroatoms. The molecule has 2 amide bonds.